The highest BCUT2D eigenvalue weighted by molar-refractivity contribution is 7.80. The zero-order valence-electron chi connectivity index (χ0n) is 9.17. The largest absolute Gasteiger partial charge is 0.378 e. The number of hydrogen-bond donors (Lipinski definition) is 1. The Bertz CT molecular complexity index is 124. The minimum atomic E-state index is 0.168. The van der Waals surface area contributed by atoms with Crippen LogP contribution in [-0.4, -0.2) is 31.7 Å². The van der Waals surface area contributed by atoms with Gasteiger partial charge in [0.05, 0.1) is 25.9 Å². The Hall–Kier alpha value is 0.270. The fourth-order valence-electron chi connectivity index (χ4n) is 0.737. The maximum absolute atomic E-state index is 5.47. The molecule has 0 amide bonds. The summed E-state index contributed by atoms with van der Waals surface area (Å²) in [5.74, 6) is 0.845. The molecule has 0 heterocycles. The molecule has 0 aliphatic carbocycles. The Labute approximate surface area is 87.4 Å². The molecule has 0 saturated carbocycles. The van der Waals surface area contributed by atoms with Crippen LogP contribution in [0.4, 0.5) is 0 Å². The van der Waals surface area contributed by atoms with Gasteiger partial charge in [0.25, 0.3) is 0 Å². The lowest BCUT2D eigenvalue weighted by Crippen LogP contribution is -2.22. The molecule has 0 spiro atoms. The van der Waals surface area contributed by atoms with Crippen molar-refractivity contribution in [2.75, 3.05) is 25.6 Å². The molecule has 0 saturated heterocycles. The molecule has 3 heteroatoms. The van der Waals surface area contributed by atoms with E-state index in [1.807, 2.05) is 13.8 Å². The maximum atomic E-state index is 5.47. The second-order valence-corrected chi connectivity index (χ2v) is 4.61. The third kappa shape index (κ3) is 8.60. The summed E-state index contributed by atoms with van der Waals surface area (Å²) in [6.07, 6.45) is 0.293. The van der Waals surface area contributed by atoms with Gasteiger partial charge in [-0.15, -0.1) is 0 Å². The minimum absolute atomic E-state index is 0.168. The van der Waals surface area contributed by atoms with E-state index in [9.17, 15) is 0 Å². The van der Waals surface area contributed by atoms with Gasteiger partial charge in [-0.1, -0.05) is 13.8 Å². The van der Waals surface area contributed by atoms with Gasteiger partial charge in [0.2, 0.25) is 0 Å². The third-order valence-electron chi connectivity index (χ3n) is 1.60. The topological polar surface area (TPSA) is 18.5 Å². The standard InChI is InChI=1S/C10H22O2S/c1-9(2)12-6-5-11-7-10(3,4)8-13/h9,13H,5-8H2,1-4H3. The number of thiol groups is 1. The molecule has 0 N–H and O–H groups in total. The zero-order chi connectivity index (χ0) is 10.3. The summed E-state index contributed by atoms with van der Waals surface area (Å²) < 4.78 is 10.8. The summed E-state index contributed by atoms with van der Waals surface area (Å²) in [6.45, 7) is 10.4. The van der Waals surface area contributed by atoms with Gasteiger partial charge < -0.3 is 9.47 Å². The van der Waals surface area contributed by atoms with Crippen LogP contribution in [0.15, 0.2) is 0 Å². The van der Waals surface area contributed by atoms with Crippen LogP contribution in [0.5, 0.6) is 0 Å². The Balaban J connectivity index is 3.26. The van der Waals surface area contributed by atoms with E-state index in [4.69, 9.17) is 9.47 Å². The molecule has 0 atom stereocenters. The van der Waals surface area contributed by atoms with Crippen LogP contribution in [0, 0.1) is 5.41 Å². The van der Waals surface area contributed by atoms with E-state index in [0.29, 0.717) is 19.3 Å². The maximum Gasteiger partial charge on any atom is 0.0703 e. The van der Waals surface area contributed by atoms with Gasteiger partial charge in [-0.3, -0.25) is 0 Å². The van der Waals surface area contributed by atoms with E-state index in [-0.39, 0.29) is 5.41 Å². The fraction of sp³-hybridized carbons (Fsp3) is 1.00. The summed E-state index contributed by atoms with van der Waals surface area (Å²) in [6, 6.07) is 0. The predicted molar refractivity (Wildman–Crippen MR) is 59.5 cm³/mol. The van der Waals surface area contributed by atoms with Crippen LogP contribution >= 0.6 is 12.6 Å². The van der Waals surface area contributed by atoms with Crippen molar-refractivity contribution in [3.05, 3.63) is 0 Å². The van der Waals surface area contributed by atoms with Crippen LogP contribution in [0.1, 0.15) is 27.7 Å². The Morgan fingerprint density at radius 1 is 1.23 bits per heavy atom. The molecule has 0 aromatic heterocycles. The van der Waals surface area contributed by atoms with Crippen LogP contribution in [0.2, 0.25) is 0 Å². The molecule has 0 aromatic carbocycles. The molecule has 0 aliphatic rings. The van der Waals surface area contributed by atoms with Gasteiger partial charge >= 0.3 is 0 Å². The summed E-state index contributed by atoms with van der Waals surface area (Å²) in [5, 5.41) is 0. The van der Waals surface area contributed by atoms with Gasteiger partial charge in [0.1, 0.15) is 0 Å². The Morgan fingerprint density at radius 2 is 1.85 bits per heavy atom. The quantitative estimate of drug-likeness (QED) is 0.509. The highest BCUT2D eigenvalue weighted by atomic mass is 32.1. The first kappa shape index (κ1) is 13.3. The Kier molecular flexibility index (Phi) is 6.82. The molecular weight excluding hydrogens is 184 g/mol. The molecule has 0 unspecified atom stereocenters. The second kappa shape index (κ2) is 6.68. The van der Waals surface area contributed by atoms with E-state index in [1.54, 1.807) is 0 Å². The van der Waals surface area contributed by atoms with E-state index in [2.05, 4.69) is 26.5 Å². The Morgan fingerprint density at radius 3 is 2.31 bits per heavy atom. The molecule has 0 aliphatic heterocycles. The van der Waals surface area contributed by atoms with Crippen LogP contribution in [-0.2, 0) is 9.47 Å². The molecule has 0 aromatic rings. The first-order chi connectivity index (χ1) is 5.98. The number of ether oxygens (including phenoxy) is 2. The molecule has 0 radical (unpaired) electrons. The van der Waals surface area contributed by atoms with Crippen molar-refractivity contribution in [2.45, 2.75) is 33.8 Å². The molecule has 13 heavy (non-hydrogen) atoms. The van der Waals surface area contributed by atoms with Crippen molar-refractivity contribution in [3.63, 3.8) is 0 Å². The van der Waals surface area contributed by atoms with Gasteiger partial charge in [0.15, 0.2) is 0 Å². The monoisotopic (exact) mass is 206 g/mol. The van der Waals surface area contributed by atoms with Gasteiger partial charge in [-0.25, -0.2) is 0 Å². The molecule has 80 valence electrons. The first-order valence-corrected chi connectivity index (χ1v) is 5.41. The zero-order valence-corrected chi connectivity index (χ0v) is 10.1. The SMILES string of the molecule is CC(C)OCCOCC(C)(C)CS. The smallest absolute Gasteiger partial charge is 0.0703 e. The summed E-state index contributed by atoms with van der Waals surface area (Å²) in [7, 11) is 0. The summed E-state index contributed by atoms with van der Waals surface area (Å²) >= 11 is 4.25. The molecule has 0 fully saturated rings. The summed E-state index contributed by atoms with van der Waals surface area (Å²) in [5.41, 5.74) is 0.168. The number of rotatable bonds is 7. The highest BCUT2D eigenvalue weighted by Crippen LogP contribution is 2.16. The fourth-order valence-corrected chi connectivity index (χ4v) is 0.828. The molecule has 0 rings (SSSR count). The second-order valence-electron chi connectivity index (χ2n) is 4.29. The van der Waals surface area contributed by atoms with E-state index in [0.717, 1.165) is 12.4 Å². The number of hydrogen-bond acceptors (Lipinski definition) is 3. The van der Waals surface area contributed by atoms with E-state index in [1.165, 1.54) is 0 Å². The van der Waals surface area contributed by atoms with Crippen LogP contribution < -0.4 is 0 Å². The van der Waals surface area contributed by atoms with Gasteiger partial charge in [-0.05, 0) is 25.0 Å². The summed E-state index contributed by atoms with van der Waals surface area (Å²) in [4.78, 5) is 0. The van der Waals surface area contributed by atoms with Crippen molar-refractivity contribution in [3.8, 4) is 0 Å². The van der Waals surface area contributed by atoms with Crippen molar-refractivity contribution >= 4 is 12.6 Å². The predicted octanol–water partition coefficient (Wildman–Crippen LogP) is 2.38. The lowest BCUT2D eigenvalue weighted by atomic mass is 9.98. The molecule has 2 nitrogen and oxygen atoms in total. The molecule has 0 bridgehead atoms. The average Bonchev–Trinajstić information content (AvgIpc) is 2.03. The lowest BCUT2D eigenvalue weighted by Gasteiger charge is -2.21. The normalized spacial score (nSPS) is 12.5. The average molecular weight is 206 g/mol. The van der Waals surface area contributed by atoms with Crippen LogP contribution in [0.3, 0.4) is 0 Å². The van der Waals surface area contributed by atoms with Crippen molar-refractivity contribution < 1.29 is 9.47 Å². The molecular formula is C10H22O2S. The van der Waals surface area contributed by atoms with E-state index >= 15 is 0 Å². The lowest BCUT2D eigenvalue weighted by molar-refractivity contribution is 0.000784. The van der Waals surface area contributed by atoms with Crippen molar-refractivity contribution in [2.24, 2.45) is 5.41 Å². The van der Waals surface area contributed by atoms with Crippen LogP contribution in [0.25, 0.3) is 0 Å². The van der Waals surface area contributed by atoms with Gasteiger partial charge in [0, 0.05) is 0 Å². The first-order valence-electron chi connectivity index (χ1n) is 4.78. The van der Waals surface area contributed by atoms with Gasteiger partial charge in [-0.2, -0.15) is 12.6 Å². The van der Waals surface area contributed by atoms with E-state index < -0.39 is 0 Å². The highest BCUT2D eigenvalue weighted by Gasteiger charge is 2.15. The van der Waals surface area contributed by atoms with Crippen molar-refractivity contribution in [1.29, 1.82) is 0 Å². The van der Waals surface area contributed by atoms with Crippen molar-refractivity contribution in [1.82, 2.24) is 0 Å². The minimum Gasteiger partial charge on any atom is -0.378 e. The third-order valence-corrected chi connectivity index (χ3v) is 2.46.